The molecule has 0 amide bonds. The Morgan fingerprint density at radius 1 is 0.598 bits per heavy atom. The molecule has 32 heteroatoms. The molecule has 5 aromatic carbocycles. The van der Waals surface area contributed by atoms with E-state index in [1.54, 1.807) is 69.3 Å². The van der Waals surface area contributed by atoms with Crippen LogP contribution in [0.5, 0.6) is 11.6 Å². The van der Waals surface area contributed by atoms with Gasteiger partial charge in [-0.1, -0.05) is 11.6 Å². The number of halogens is 1. The zero-order valence-corrected chi connectivity index (χ0v) is 49.6. The van der Waals surface area contributed by atoms with Gasteiger partial charge in [0.25, 0.3) is 40.5 Å². The summed E-state index contributed by atoms with van der Waals surface area (Å²) in [6, 6.07) is 21.0. The highest BCUT2D eigenvalue weighted by Crippen LogP contribution is 2.44. The van der Waals surface area contributed by atoms with Crippen LogP contribution in [0.2, 0.25) is 5.02 Å². The number of nitrogens with zero attached hydrogens (tertiary/aromatic N) is 11. The molecule has 2 aromatic heterocycles. The van der Waals surface area contributed by atoms with Gasteiger partial charge in [-0.2, -0.15) is 59.4 Å². The molecule has 0 unspecified atom stereocenters. The number of hydrogen-bond donors (Lipinski definition) is 5. The number of aromatic hydroxyl groups is 1. The molecule has 0 bridgehead atoms. The van der Waals surface area contributed by atoms with Crippen LogP contribution in [-0.4, -0.2) is 102 Å². The van der Waals surface area contributed by atoms with Crippen LogP contribution in [0.15, 0.2) is 128 Å². The van der Waals surface area contributed by atoms with Gasteiger partial charge >= 0.3 is 0 Å². The highest BCUT2D eigenvalue weighted by atomic mass is 35.5. The minimum atomic E-state index is -4.66. The van der Waals surface area contributed by atoms with E-state index in [0.717, 1.165) is 6.07 Å². The van der Waals surface area contributed by atoms with Crippen molar-refractivity contribution in [2.24, 2.45) is 40.9 Å². The van der Waals surface area contributed by atoms with E-state index < -0.39 is 68.5 Å². The molecule has 7 aromatic rings. The van der Waals surface area contributed by atoms with Crippen LogP contribution < -0.4 is 4.74 Å². The summed E-state index contributed by atoms with van der Waals surface area (Å²) in [6.45, 7) is 7.84. The van der Waals surface area contributed by atoms with Crippen molar-refractivity contribution in [2.45, 2.75) is 68.6 Å². The monoisotopic (exact) mass is 1260 g/mol. The van der Waals surface area contributed by atoms with Gasteiger partial charge in [-0.15, -0.1) is 44.0 Å². The van der Waals surface area contributed by atoms with Gasteiger partial charge < -0.3 is 9.84 Å². The number of ether oxygens (including phenoxy) is 1. The molecule has 0 aliphatic rings. The molecule has 0 saturated heterocycles. The fourth-order valence-corrected chi connectivity index (χ4v) is 12.5. The van der Waals surface area contributed by atoms with E-state index in [1.807, 2.05) is 6.07 Å². The first-order valence-electron chi connectivity index (χ1n) is 24.2. The first kappa shape index (κ1) is 62.8. The molecule has 0 fully saturated rings. The van der Waals surface area contributed by atoms with Gasteiger partial charge in [-0.3, -0.25) is 22.6 Å². The summed E-state index contributed by atoms with van der Waals surface area (Å²) >= 11 is 8.49. The van der Waals surface area contributed by atoms with Crippen molar-refractivity contribution in [2.75, 3.05) is 35.4 Å². The lowest BCUT2D eigenvalue weighted by Gasteiger charge is -2.12. The normalized spacial score (nSPS) is 12.8. The molecule has 0 aliphatic heterocycles. The number of imidazole rings is 1. The van der Waals surface area contributed by atoms with Gasteiger partial charge in [-0.25, -0.2) is 4.98 Å². The van der Waals surface area contributed by atoms with Crippen LogP contribution >= 0.6 is 35.1 Å². The molecule has 7 rings (SSSR count). The Morgan fingerprint density at radius 3 is 1.59 bits per heavy atom. The number of azo groups is 4. The second-order valence-corrected chi connectivity index (χ2v) is 27.0. The second kappa shape index (κ2) is 26.2. The Balaban J connectivity index is 1.26. The summed E-state index contributed by atoms with van der Waals surface area (Å²) in [5.74, 6) is -1.67. The maximum Gasteiger partial charge on any atom is 0.294 e. The topological polar surface area (TPSA) is 387 Å². The lowest BCUT2D eigenvalue weighted by Crippen LogP contribution is -2.08. The first-order valence-corrected chi connectivity index (χ1v) is 32.8. The number of rotatable bonds is 24. The average molecular weight is 1260 g/mol. The quantitative estimate of drug-likeness (QED) is 0.0162. The van der Waals surface area contributed by atoms with E-state index in [2.05, 4.69) is 45.9 Å². The Bertz CT molecular complexity index is 4290. The molecule has 432 valence electrons. The Labute approximate surface area is 484 Å². The first-order chi connectivity index (χ1) is 38.5. The zero-order valence-electron chi connectivity index (χ0n) is 43.9. The molecule has 5 N–H and O–H groups in total. The number of benzene rings is 5. The largest absolute Gasteiger partial charge is 0.493 e. The predicted molar refractivity (Wildman–Crippen MR) is 310 cm³/mol. The summed E-state index contributed by atoms with van der Waals surface area (Å²) in [7, 11) is -17.5. The Hall–Kier alpha value is -6.83. The summed E-state index contributed by atoms with van der Waals surface area (Å²) in [4.78, 5) is 5.06. The molecule has 0 radical (unpaired) electrons. The van der Waals surface area contributed by atoms with Crippen molar-refractivity contribution in [3.8, 4) is 17.7 Å². The number of aromatic nitrogens is 2. The van der Waals surface area contributed by atoms with Crippen LogP contribution in [0.25, 0.3) is 16.7 Å². The van der Waals surface area contributed by atoms with E-state index in [0.29, 0.717) is 59.9 Å². The molecular formula is C50H50ClN11O14S6. The van der Waals surface area contributed by atoms with Gasteiger partial charge in [0, 0.05) is 26.4 Å². The third-order valence-electron chi connectivity index (χ3n) is 11.9. The van der Waals surface area contributed by atoms with Crippen LogP contribution in [0, 0.1) is 45.9 Å². The van der Waals surface area contributed by atoms with Crippen molar-refractivity contribution < 1.29 is 61.7 Å². The predicted octanol–water partition coefficient (Wildman–Crippen LogP) is 13.6. The van der Waals surface area contributed by atoms with Gasteiger partial charge in [0.2, 0.25) is 5.88 Å². The number of hydrogen-bond acceptors (Lipinski definition) is 22. The van der Waals surface area contributed by atoms with Gasteiger partial charge in [-0.05, 0) is 154 Å². The number of nitriles is 1. The molecule has 0 saturated carbocycles. The summed E-state index contributed by atoms with van der Waals surface area (Å²) in [5, 5.41) is 58.2. The maximum absolute atomic E-state index is 12.1. The van der Waals surface area contributed by atoms with E-state index in [1.165, 1.54) is 60.0 Å². The molecule has 0 atom stereocenters. The number of fused-ring (bicyclic) bond motifs is 3. The van der Waals surface area contributed by atoms with Crippen molar-refractivity contribution in [1.82, 2.24) is 9.38 Å². The van der Waals surface area contributed by atoms with Crippen molar-refractivity contribution in [3.63, 3.8) is 0 Å². The number of pyridine rings is 1. The fourth-order valence-electron chi connectivity index (χ4n) is 7.83. The highest BCUT2D eigenvalue weighted by Gasteiger charge is 2.25. The van der Waals surface area contributed by atoms with Crippen molar-refractivity contribution in [1.29, 1.82) is 5.26 Å². The standard InChI is InChI=1S/C50H50ClN11O14S6/c1-28-21-39(58-61-48-31(4)35(27-52)49-53-47-32(5)46(82(73,74)75)14-13-42(47)62(49)50(48)63)43(76-15-6-18-79(64,65)66)24-36(28)56-59-40-23-30(3)38(26-45(40)78-17-8-20-81(70,71)72)57-60-41-22-29(2)37(55-54-34-11-9-33(51)10-12-34)25-44(41)77-16-7-19-80(67,68)69/h9-14,21-26,63H,6-8,15-20H2,1-5H3,(H,64,65,66)(H,67,68,69)(H,70,71,72)(H,73,74,75). The highest BCUT2D eigenvalue weighted by molar-refractivity contribution is 7.99. The minimum Gasteiger partial charge on any atom is -0.493 e. The SMILES string of the molecule is Cc1cc(N=Nc2cc(SCCCS(=O)(=O)O)c(N=Nc3cc(OCCCS(=O)(=O)O)c(N=Nc4c(C)c(C#N)c5nc6c(C)c(S(=O)(=O)O)ccc6n5c4O)cc3C)cc2C)c(SCCCS(=O)(=O)O)cc1N=Nc1ccc(Cl)cc1. The average Bonchev–Trinajstić information content (AvgIpc) is 2.33. The van der Waals surface area contributed by atoms with Crippen molar-refractivity contribution >= 4 is 138 Å². The molecule has 2 heterocycles. The van der Waals surface area contributed by atoms with Gasteiger partial charge in [0.05, 0.1) is 73.9 Å². The van der Waals surface area contributed by atoms with E-state index >= 15 is 0 Å². The van der Waals surface area contributed by atoms with E-state index in [4.69, 9.17) is 16.3 Å². The molecule has 25 nitrogen and oxygen atoms in total. The third-order valence-corrected chi connectivity index (χ3v) is 17.9. The Kier molecular flexibility index (Phi) is 20.0. The van der Waals surface area contributed by atoms with Crippen LogP contribution in [0.1, 0.15) is 52.6 Å². The van der Waals surface area contributed by atoms with Gasteiger partial charge in [0.15, 0.2) is 11.3 Å². The lowest BCUT2D eigenvalue weighted by atomic mass is 10.1. The van der Waals surface area contributed by atoms with Crippen molar-refractivity contribution in [3.05, 3.63) is 111 Å². The Morgan fingerprint density at radius 2 is 1.07 bits per heavy atom. The fraction of sp³-hybridized carbons (Fsp3) is 0.280. The van der Waals surface area contributed by atoms with E-state index in [9.17, 15) is 62.3 Å². The molecule has 0 aliphatic carbocycles. The smallest absolute Gasteiger partial charge is 0.294 e. The summed E-state index contributed by atoms with van der Waals surface area (Å²) in [5.41, 5.74) is 4.27. The van der Waals surface area contributed by atoms with Crippen LogP contribution in [0.4, 0.5) is 45.5 Å². The molecular weight excluding hydrogens is 1210 g/mol. The maximum atomic E-state index is 12.1. The zero-order chi connectivity index (χ0) is 59.9. The van der Waals surface area contributed by atoms with Crippen LogP contribution in [-0.2, 0) is 40.5 Å². The number of thioether (sulfide) groups is 2. The van der Waals surface area contributed by atoms with Crippen LogP contribution in [0.3, 0.4) is 0 Å². The van der Waals surface area contributed by atoms with E-state index in [-0.39, 0.29) is 93.6 Å². The molecule has 0 spiro atoms. The summed E-state index contributed by atoms with van der Waals surface area (Å²) in [6.07, 6.45) is 0.0164. The second-order valence-electron chi connectivity index (χ2n) is 18.1. The van der Waals surface area contributed by atoms with Gasteiger partial charge in [0.1, 0.15) is 23.1 Å². The number of aryl methyl sites for hydroxylation is 4. The molecule has 82 heavy (non-hydrogen) atoms. The minimum absolute atomic E-state index is 0.00517. The third kappa shape index (κ3) is 16.5. The summed E-state index contributed by atoms with van der Waals surface area (Å²) < 4.78 is 139. The lowest BCUT2D eigenvalue weighted by molar-refractivity contribution is 0.317.